The molecule has 0 saturated heterocycles. The van der Waals surface area contributed by atoms with Crippen LogP contribution in [-0.2, 0) is 18.8 Å². The van der Waals surface area contributed by atoms with Crippen LogP contribution < -0.4 is 11.1 Å². The van der Waals surface area contributed by atoms with Gasteiger partial charge in [0.25, 0.3) is 0 Å². The Hall–Kier alpha value is -1.58. The average Bonchev–Trinajstić information content (AvgIpc) is 2.54. The van der Waals surface area contributed by atoms with E-state index in [0.29, 0.717) is 6.54 Å². The number of benzene rings is 2. The Bertz CT molecular complexity index is 766. The third kappa shape index (κ3) is 3.90. The predicted octanol–water partition coefficient (Wildman–Crippen LogP) is 3.75. The molecule has 1 atom stereocenters. The van der Waals surface area contributed by atoms with Crippen molar-refractivity contribution in [3.05, 3.63) is 48.5 Å². The van der Waals surface area contributed by atoms with Gasteiger partial charge in [-0.1, -0.05) is 36.0 Å². The number of para-hydroxylation sites is 2. The van der Waals surface area contributed by atoms with Crippen LogP contribution in [0, 0.1) is 0 Å². The Morgan fingerprint density at radius 3 is 2.04 bits per heavy atom. The third-order valence-electron chi connectivity index (χ3n) is 3.46. The topological polar surface area (TPSA) is 90.8 Å². The van der Waals surface area contributed by atoms with Crippen molar-refractivity contribution in [2.24, 2.45) is 0 Å². The van der Waals surface area contributed by atoms with Crippen LogP contribution in [0.1, 0.15) is 6.92 Å². The maximum Gasteiger partial charge on any atom is 0.399 e. The van der Waals surface area contributed by atoms with Crippen molar-refractivity contribution >= 4 is 33.5 Å². The van der Waals surface area contributed by atoms with Gasteiger partial charge in [0, 0.05) is 9.79 Å². The zero-order valence-electron chi connectivity index (χ0n) is 13.5. The van der Waals surface area contributed by atoms with Gasteiger partial charge in [0.2, 0.25) is 0 Å². The molecule has 0 spiro atoms. The molecule has 2 aromatic rings. The minimum Gasteiger partial charge on any atom is -0.344 e. The molecule has 3 rings (SSSR count). The van der Waals surface area contributed by atoms with Gasteiger partial charge in [-0.2, -0.15) is 8.42 Å². The highest BCUT2D eigenvalue weighted by Crippen LogP contribution is 2.47. The lowest BCUT2D eigenvalue weighted by Crippen LogP contribution is -2.32. The van der Waals surface area contributed by atoms with Gasteiger partial charge in [-0.05, 0) is 31.2 Å². The van der Waals surface area contributed by atoms with Crippen molar-refractivity contribution in [1.29, 1.82) is 0 Å². The van der Waals surface area contributed by atoms with Gasteiger partial charge in [-0.3, -0.25) is 4.18 Å². The number of fused-ring (bicyclic) bond motifs is 2. The molecule has 2 aromatic carbocycles. The molecule has 0 bridgehead atoms. The van der Waals surface area contributed by atoms with Gasteiger partial charge in [-0.15, -0.1) is 0 Å². The third-order valence-corrected chi connectivity index (χ3v) is 5.56. The van der Waals surface area contributed by atoms with Crippen molar-refractivity contribution < 1.29 is 16.8 Å². The summed E-state index contributed by atoms with van der Waals surface area (Å²) in [5.41, 5.74) is 2.09. The van der Waals surface area contributed by atoms with Crippen LogP contribution in [0.25, 0.3) is 0 Å². The standard InChI is InChI=1S/C16H17NO4S2.H3N/c1-12(21-23(18,19)20-2)11-17-13-7-3-5-9-15(13)22-16-10-6-4-8-14(16)17;/h3-10,12H,11H2,1-2H3;1H3. The first-order chi connectivity index (χ1) is 11.0. The van der Waals surface area contributed by atoms with E-state index < -0.39 is 16.5 Å². The summed E-state index contributed by atoms with van der Waals surface area (Å²) in [5.74, 6) is 0. The van der Waals surface area contributed by atoms with Gasteiger partial charge >= 0.3 is 10.4 Å². The first kappa shape index (κ1) is 18.8. The minimum atomic E-state index is -3.96. The van der Waals surface area contributed by atoms with E-state index in [0.717, 1.165) is 28.3 Å². The van der Waals surface area contributed by atoms with Crippen LogP contribution in [0.2, 0.25) is 0 Å². The van der Waals surface area contributed by atoms with Gasteiger partial charge < -0.3 is 11.1 Å². The molecule has 8 heteroatoms. The molecule has 1 heterocycles. The van der Waals surface area contributed by atoms with Gasteiger partial charge in [0.1, 0.15) is 0 Å². The Morgan fingerprint density at radius 2 is 1.54 bits per heavy atom. The molecule has 0 amide bonds. The zero-order chi connectivity index (χ0) is 16.4. The minimum absolute atomic E-state index is 0. The summed E-state index contributed by atoms with van der Waals surface area (Å²) in [5, 5.41) is 0. The van der Waals surface area contributed by atoms with E-state index in [9.17, 15) is 8.42 Å². The summed E-state index contributed by atoms with van der Waals surface area (Å²) < 4.78 is 32.3. The predicted molar refractivity (Wildman–Crippen MR) is 95.5 cm³/mol. The van der Waals surface area contributed by atoms with Crippen molar-refractivity contribution in [2.45, 2.75) is 22.8 Å². The second kappa shape index (κ2) is 7.54. The zero-order valence-corrected chi connectivity index (χ0v) is 15.1. The molecule has 130 valence electrons. The quantitative estimate of drug-likeness (QED) is 0.859. The molecule has 3 N–H and O–H groups in total. The summed E-state index contributed by atoms with van der Waals surface area (Å²) in [7, 11) is -2.87. The van der Waals surface area contributed by atoms with Gasteiger partial charge in [0.15, 0.2) is 0 Å². The van der Waals surface area contributed by atoms with E-state index in [1.807, 2.05) is 36.4 Å². The molecule has 0 saturated carbocycles. The Balaban J connectivity index is 0.00000208. The summed E-state index contributed by atoms with van der Waals surface area (Å²) in [6.07, 6.45) is -0.552. The van der Waals surface area contributed by atoms with E-state index in [-0.39, 0.29) is 6.15 Å². The van der Waals surface area contributed by atoms with Crippen LogP contribution in [0.3, 0.4) is 0 Å². The normalized spacial score (nSPS) is 14.3. The molecular formula is C16H20N2O4S2. The maximum absolute atomic E-state index is 11.5. The highest BCUT2D eigenvalue weighted by molar-refractivity contribution is 7.99. The van der Waals surface area contributed by atoms with Crippen molar-refractivity contribution in [1.82, 2.24) is 6.15 Å². The maximum atomic E-state index is 11.5. The van der Waals surface area contributed by atoms with Crippen LogP contribution >= 0.6 is 11.8 Å². The Kier molecular flexibility index (Phi) is 5.89. The van der Waals surface area contributed by atoms with Gasteiger partial charge in [-0.25, -0.2) is 4.18 Å². The molecule has 1 aliphatic rings. The van der Waals surface area contributed by atoms with E-state index >= 15 is 0 Å². The lowest BCUT2D eigenvalue weighted by Gasteiger charge is -2.34. The molecule has 6 nitrogen and oxygen atoms in total. The van der Waals surface area contributed by atoms with Crippen LogP contribution in [0.15, 0.2) is 58.3 Å². The molecule has 0 aromatic heterocycles. The van der Waals surface area contributed by atoms with Crippen LogP contribution in [0.4, 0.5) is 11.4 Å². The highest BCUT2D eigenvalue weighted by atomic mass is 32.3. The van der Waals surface area contributed by atoms with Crippen LogP contribution in [0.5, 0.6) is 0 Å². The highest BCUT2D eigenvalue weighted by Gasteiger charge is 2.26. The average molecular weight is 368 g/mol. The summed E-state index contributed by atoms with van der Waals surface area (Å²) in [4.78, 5) is 4.35. The van der Waals surface area contributed by atoms with E-state index in [1.165, 1.54) is 0 Å². The number of hydrogen-bond donors (Lipinski definition) is 1. The van der Waals surface area contributed by atoms with Crippen molar-refractivity contribution in [3.8, 4) is 0 Å². The fraction of sp³-hybridized carbons (Fsp3) is 0.250. The monoisotopic (exact) mass is 368 g/mol. The number of rotatable bonds is 5. The molecule has 0 radical (unpaired) electrons. The van der Waals surface area contributed by atoms with Crippen molar-refractivity contribution in [2.75, 3.05) is 18.6 Å². The summed E-state index contributed by atoms with van der Waals surface area (Å²) in [6, 6.07) is 16.1. The number of anilines is 2. The summed E-state index contributed by atoms with van der Waals surface area (Å²) >= 11 is 1.71. The first-order valence-corrected chi connectivity index (χ1v) is 9.27. The SMILES string of the molecule is COS(=O)(=O)OC(C)CN1c2ccccc2Sc2ccccc21.N. The molecular weight excluding hydrogens is 348 g/mol. The molecule has 1 unspecified atom stereocenters. The fourth-order valence-electron chi connectivity index (χ4n) is 2.51. The van der Waals surface area contributed by atoms with Gasteiger partial charge in [0.05, 0.1) is 31.1 Å². The second-order valence-electron chi connectivity index (χ2n) is 5.13. The Labute approximate surface area is 146 Å². The van der Waals surface area contributed by atoms with Crippen molar-refractivity contribution in [3.63, 3.8) is 0 Å². The fourth-order valence-corrected chi connectivity index (χ4v) is 4.14. The largest absolute Gasteiger partial charge is 0.399 e. The number of hydrogen-bond acceptors (Lipinski definition) is 7. The van der Waals surface area contributed by atoms with E-state index in [1.54, 1.807) is 18.7 Å². The lowest BCUT2D eigenvalue weighted by molar-refractivity contribution is 0.189. The Morgan fingerprint density at radius 1 is 1.04 bits per heavy atom. The summed E-state index contributed by atoms with van der Waals surface area (Å²) in [6.45, 7) is 2.11. The smallest absolute Gasteiger partial charge is 0.344 e. The van der Waals surface area contributed by atoms with E-state index in [2.05, 4.69) is 21.2 Å². The molecule has 0 aliphatic carbocycles. The lowest BCUT2D eigenvalue weighted by atomic mass is 10.2. The second-order valence-corrected chi connectivity index (χ2v) is 7.56. The number of nitrogens with zero attached hydrogens (tertiary/aromatic N) is 1. The molecule has 0 fully saturated rings. The molecule has 1 aliphatic heterocycles. The van der Waals surface area contributed by atoms with Crippen LogP contribution in [-0.4, -0.2) is 28.2 Å². The van der Waals surface area contributed by atoms with E-state index in [4.69, 9.17) is 4.18 Å². The first-order valence-electron chi connectivity index (χ1n) is 7.12. The molecule has 24 heavy (non-hydrogen) atoms.